The molecule has 8 rings (SSSR count). The first-order chi connectivity index (χ1) is 39.7. The highest BCUT2D eigenvalue weighted by molar-refractivity contribution is 7.97. The molecule has 3 aliphatic rings. The molecule has 0 bridgehead atoms. The van der Waals surface area contributed by atoms with Crippen molar-refractivity contribution in [3.63, 3.8) is 0 Å². The van der Waals surface area contributed by atoms with Crippen LogP contribution in [-0.4, -0.2) is 79.3 Å². The van der Waals surface area contributed by atoms with Gasteiger partial charge < -0.3 is 14.3 Å². The molecule has 5 aromatic rings. The first kappa shape index (κ1) is 74.7. The first-order valence-electron chi connectivity index (χ1n) is 28.5. The number of benzene rings is 5. The van der Waals surface area contributed by atoms with Crippen LogP contribution < -0.4 is 18.9 Å². The standard InChI is InChI=1S/C30H31Cl2FN2O2S.C23H27Cl2FN2O2S.C3H5F.C3H6O.3C2H6/c1-38-34-30(36)24-16-23(20-10-11-20)28(17-27(24)33)37-18-19-12-14-35(15-13-19)29(21-6-2-4-8-25(21)31)22-7-3-5-9-26(22)32;1-14-8-20(23(29)27-31-3)21(26)12-22(14)30-13-16-4-6-28(7-5-16)15(2)17-9-18(24)11-19(25)10-17;2*1-3(2)4;3*1-2/h2-9,16-17,19-20,29H,10-15,18H2,1H3,(H,34,36);8-12,15-16H,4-7,13H2,1-3H3,(H,27,29);1H2,2H3;1-2H3;3*1-2H3. The molecule has 3 fully saturated rings. The SMILES string of the molecule is C=C(C)F.CC.CC.CC.CC(C)=O.CSNC(=O)c1cc(C)c(OCC2CCN(C(C)c3cc(Cl)cc(Cl)c3)CC2)cc1F.CSNC(=O)c1cc(C2CC2)c(OCC2CCN(C(c3ccccc3Cl)c3ccccc3Cl)CC2)cc1F. The molecule has 1 atom stereocenters. The van der Waals surface area contributed by atoms with Gasteiger partial charge in [0, 0.05) is 50.8 Å². The van der Waals surface area contributed by atoms with Crippen LogP contribution in [0.5, 0.6) is 11.5 Å². The summed E-state index contributed by atoms with van der Waals surface area (Å²) in [4.78, 5) is 38.5. The molecule has 2 amide bonds. The average Bonchev–Trinajstić information content (AvgIpc) is 4.42. The van der Waals surface area contributed by atoms with E-state index in [0.29, 0.717) is 52.5 Å². The predicted octanol–water partition coefficient (Wildman–Crippen LogP) is 19.4. The highest BCUT2D eigenvalue weighted by atomic mass is 35.5. The van der Waals surface area contributed by atoms with Crippen molar-refractivity contribution >= 4 is 87.9 Å². The van der Waals surface area contributed by atoms with Crippen molar-refractivity contribution in [1.29, 1.82) is 0 Å². The molecule has 5 aromatic carbocycles. The summed E-state index contributed by atoms with van der Waals surface area (Å²) in [6.07, 6.45) is 9.41. The van der Waals surface area contributed by atoms with Crippen LogP contribution in [0.2, 0.25) is 20.1 Å². The number of nitrogens with zero attached hydrogens (tertiary/aromatic N) is 2. The zero-order valence-electron chi connectivity index (χ0n) is 50.6. The van der Waals surface area contributed by atoms with Crippen molar-refractivity contribution in [3.05, 3.63) is 174 Å². The van der Waals surface area contributed by atoms with Gasteiger partial charge in [0.15, 0.2) is 0 Å². The normalized spacial score (nSPS) is 14.5. The summed E-state index contributed by atoms with van der Waals surface area (Å²) in [6.45, 7) is 27.9. The summed E-state index contributed by atoms with van der Waals surface area (Å²) >= 11 is 27.9. The predicted molar refractivity (Wildman–Crippen MR) is 347 cm³/mol. The van der Waals surface area contributed by atoms with Gasteiger partial charge in [-0.25, -0.2) is 13.2 Å². The lowest BCUT2D eigenvalue weighted by atomic mass is 9.91. The van der Waals surface area contributed by atoms with E-state index in [0.717, 1.165) is 126 Å². The zero-order valence-corrected chi connectivity index (χ0v) is 55.3. The van der Waals surface area contributed by atoms with Crippen molar-refractivity contribution in [1.82, 2.24) is 19.2 Å². The molecule has 1 aliphatic carbocycles. The van der Waals surface area contributed by atoms with Gasteiger partial charge in [-0.05, 0) is 187 Å². The van der Waals surface area contributed by atoms with Gasteiger partial charge in [-0.3, -0.25) is 28.8 Å². The van der Waals surface area contributed by atoms with Gasteiger partial charge in [-0.1, -0.05) is 155 Å². The molecular formula is C65H87Cl4F3N4O5S2. The maximum atomic E-state index is 14.8. The first-order valence-corrected chi connectivity index (χ1v) is 32.4. The monoisotopic (exact) mass is 1260 g/mol. The number of aryl methyl sites for hydroxylation is 1. The molecule has 0 spiro atoms. The van der Waals surface area contributed by atoms with E-state index in [2.05, 4.69) is 44.9 Å². The minimum absolute atomic E-state index is 0.0302. The second-order valence-corrected chi connectivity index (χ2v) is 22.4. The molecule has 458 valence electrons. The zero-order chi connectivity index (χ0) is 62.3. The van der Waals surface area contributed by atoms with E-state index >= 15 is 0 Å². The van der Waals surface area contributed by atoms with E-state index in [1.807, 2.05) is 97.0 Å². The number of carbonyl (C=O) groups is 3. The van der Waals surface area contributed by atoms with Crippen LogP contribution in [0.25, 0.3) is 0 Å². The van der Waals surface area contributed by atoms with E-state index in [9.17, 15) is 27.6 Å². The Balaban J connectivity index is 0.000000471. The molecule has 83 heavy (non-hydrogen) atoms. The number of carbonyl (C=O) groups excluding carboxylic acids is 3. The third-order valence-corrected chi connectivity index (χ3v) is 15.1. The van der Waals surface area contributed by atoms with Crippen LogP contribution >= 0.6 is 70.3 Å². The summed E-state index contributed by atoms with van der Waals surface area (Å²) in [5, 5.41) is 2.76. The number of piperidine rings is 2. The Kier molecular flexibility index (Phi) is 36.1. The van der Waals surface area contributed by atoms with Crippen molar-refractivity contribution in [2.75, 3.05) is 51.9 Å². The van der Waals surface area contributed by atoms with Crippen LogP contribution in [0.4, 0.5) is 13.2 Å². The maximum Gasteiger partial charge on any atom is 0.264 e. The van der Waals surface area contributed by atoms with Gasteiger partial charge in [0.25, 0.3) is 11.8 Å². The van der Waals surface area contributed by atoms with Crippen molar-refractivity contribution < 1.29 is 37.0 Å². The molecule has 1 saturated carbocycles. The summed E-state index contributed by atoms with van der Waals surface area (Å²) in [5.74, 6) is -0.0121. The average molecular weight is 1270 g/mol. The Morgan fingerprint density at radius 3 is 1.42 bits per heavy atom. The van der Waals surface area contributed by atoms with E-state index in [4.69, 9.17) is 55.9 Å². The number of ether oxygens (including phenoxy) is 2. The van der Waals surface area contributed by atoms with Crippen LogP contribution in [-0.2, 0) is 4.79 Å². The van der Waals surface area contributed by atoms with E-state index in [1.54, 1.807) is 24.6 Å². The number of allylic oxidation sites excluding steroid dienone is 1. The molecule has 2 aliphatic heterocycles. The number of ketones is 1. The lowest BCUT2D eigenvalue weighted by Crippen LogP contribution is -2.38. The lowest BCUT2D eigenvalue weighted by molar-refractivity contribution is -0.115. The maximum absolute atomic E-state index is 14.8. The second kappa shape index (κ2) is 40.1. The summed E-state index contributed by atoms with van der Waals surface area (Å²) in [7, 11) is 0. The van der Waals surface area contributed by atoms with Gasteiger partial charge >= 0.3 is 0 Å². The summed E-state index contributed by atoms with van der Waals surface area (Å²) in [5.41, 5.74) is 5.00. The second-order valence-electron chi connectivity index (χ2n) is 19.5. The van der Waals surface area contributed by atoms with Gasteiger partial charge in [-0.2, -0.15) is 0 Å². The molecular weight excluding hydrogens is 1180 g/mol. The Bertz CT molecular complexity index is 2710. The van der Waals surface area contributed by atoms with Crippen molar-refractivity contribution in [2.45, 2.75) is 133 Å². The van der Waals surface area contributed by atoms with Gasteiger partial charge in [0.1, 0.15) is 28.9 Å². The number of hydrogen-bond donors (Lipinski definition) is 2. The fourth-order valence-corrected chi connectivity index (χ4v) is 10.8. The fraction of sp³-hybridized carbons (Fsp3) is 0.462. The summed E-state index contributed by atoms with van der Waals surface area (Å²) < 4.78 is 57.3. The Hall–Kier alpha value is -4.38. The minimum atomic E-state index is -0.573. The number of hydrogen-bond acceptors (Lipinski definition) is 9. The van der Waals surface area contributed by atoms with E-state index in [-0.39, 0.29) is 34.8 Å². The highest BCUT2D eigenvalue weighted by Gasteiger charge is 2.33. The Morgan fingerprint density at radius 2 is 1.01 bits per heavy atom. The van der Waals surface area contributed by atoms with Crippen LogP contribution in [0.3, 0.4) is 0 Å². The molecule has 0 aromatic heterocycles. The van der Waals surface area contributed by atoms with Crippen molar-refractivity contribution in [3.8, 4) is 11.5 Å². The molecule has 18 heteroatoms. The van der Waals surface area contributed by atoms with Crippen LogP contribution in [0.1, 0.15) is 174 Å². The van der Waals surface area contributed by atoms with Gasteiger partial charge in [-0.15, -0.1) is 0 Å². The lowest BCUT2D eigenvalue weighted by Gasteiger charge is -2.38. The summed E-state index contributed by atoms with van der Waals surface area (Å²) in [6, 6.07) is 27.7. The van der Waals surface area contributed by atoms with Gasteiger partial charge in [0.2, 0.25) is 0 Å². The minimum Gasteiger partial charge on any atom is -0.493 e. The fourth-order valence-electron chi connectivity index (χ4n) is 9.15. The number of rotatable bonds is 16. The van der Waals surface area contributed by atoms with Crippen LogP contribution in [0, 0.1) is 30.4 Å². The van der Waals surface area contributed by atoms with Crippen LogP contribution in [0.15, 0.2) is 103 Å². The molecule has 2 N–H and O–H groups in total. The third-order valence-electron chi connectivity index (χ3n) is 13.2. The largest absolute Gasteiger partial charge is 0.493 e. The molecule has 2 heterocycles. The smallest absolute Gasteiger partial charge is 0.264 e. The number of Topliss-reactive ketones (excluding diaryl/α,β-unsaturated/α-hetero) is 1. The quantitative estimate of drug-likeness (QED) is 0.0936. The van der Waals surface area contributed by atoms with E-state index in [1.165, 1.54) is 39.0 Å². The molecule has 0 radical (unpaired) electrons. The van der Waals surface area contributed by atoms with Gasteiger partial charge in [0.05, 0.1) is 36.2 Å². The highest BCUT2D eigenvalue weighted by Crippen LogP contribution is 2.46. The number of amides is 2. The molecule has 9 nitrogen and oxygen atoms in total. The molecule has 1 unspecified atom stereocenters. The number of likely N-dealkylation sites (tertiary alicyclic amines) is 2. The molecule has 2 saturated heterocycles. The Labute approximate surface area is 522 Å². The Morgan fingerprint density at radius 1 is 0.627 bits per heavy atom. The topological polar surface area (TPSA) is 100 Å². The van der Waals surface area contributed by atoms with E-state index < -0.39 is 23.4 Å². The third kappa shape index (κ3) is 25.2. The van der Waals surface area contributed by atoms with Crippen molar-refractivity contribution in [2.24, 2.45) is 11.8 Å². The number of halogens is 7. The number of nitrogens with one attached hydrogen (secondary N) is 2.